The van der Waals surface area contributed by atoms with E-state index >= 15 is 0 Å². The van der Waals surface area contributed by atoms with Crippen LogP contribution in [0.25, 0.3) is 0 Å². The average Bonchev–Trinajstić information content (AvgIpc) is 2.18. The van der Waals surface area contributed by atoms with Gasteiger partial charge in [-0.15, -0.1) is 0 Å². The second-order valence-corrected chi connectivity index (χ2v) is 3.92. The van der Waals surface area contributed by atoms with Crippen LogP contribution < -0.4 is 9.79 Å². The van der Waals surface area contributed by atoms with Crippen LogP contribution in [0.15, 0.2) is 30.3 Å². The van der Waals surface area contributed by atoms with Crippen molar-refractivity contribution in [3.63, 3.8) is 0 Å². The molecule has 0 bridgehead atoms. The van der Waals surface area contributed by atoms with Crippen molar-refractivity contribution in [3.8, 4) is 0 Å². The summed E-state index contributed by atoms with van der Waals surface area (Å²) in [5, 5.41) is 0. The van der Waals surface area contributed by atoms with Gasteiger partial charge in [-0.2, -0.15) is 0 Å². The summed E-state index contributed by atoms with van der Waals surface area (Å²) in [7, 11) is -6.47. The standard InChI is InChI=1S/C8H10.Ca.O5P2/c1-2-8-6-4-3-5-7-8;;1-6(2)5-7(3)4/h3-7H,2H2,1H3;;/q;+2;. The van der Waals surface area contributed by atoms with Gasteiger partial charge in [0.25, 0.3) is 0 Å². The first kappa shape index (κ1) is 18.9. The minimum Gasteiger partial charge on any atom is -0.563 e. The van der Waals surface area contributed by atoms with E-state index in [0.29, 0.717) is 0 Å². The number of benzene rings is 1. The zero-order chi connectivity index (χ0) is 11.7. The molecule has 0 saturated carbocycles. The summed E-state index contributed by atoms with van der Waals surface area (Å²) in [5.74, 6) is 0. The van der Waals surface area contributed by atoms with Crippen molar-refractivity contribution in [2.45, 2.75) is 13.3 Å². The van der Waals surface area contributed by atoms with Crippen LogP contribution in [0.4, 0.5) is 0 Å². The molecule has 0 aliphatic heterocycles. The maximum atomic E-state index is 9.24. The van der Waals surface area contributed by atoms with E-state index in [9.17, 15) is 18.9 Å². The zero-order valence-corrected chi connectivity index (χ0v) is 12.7. The van der Waals surface area contributed by atoms with E-state index in [1.807, 2.05) is 6.07 Å². The van der Waals surface area contributed by atoms with E-state index in [0.717, 1.165) is 6.42 Å². The minimum atomic E-state index is -3.24. The summed E-state index contributed by atoms with van der Waals surface area (Å²) >= 11 is 0. The Bertz CT molecular complexity index is 307. The van der Waals surface area contributed by atoms with Gasteiger partial charge >= 0.3 is 54.2 Å². The summed E-state index contributed by atoms with van der Waals surface area (Å²) in [5.41, 5.74) is 1.41. The molecule has 0 aliphatic rings. The molecule has 1 aromatic carbocycles. The first-order valence-electron chi connectivity index (χ1n) is 4.07. The largest absolute Gasteiger partial charge is 2.00 e. The maximum Gasteiger partial charge on any atom is 2.00 e. The third kappa shape index (κ3) is 12.6. The van der Waals surface area contributed by atoms with E-state index < -0.39 is 16.5 Å². The fourth-order valence-corrected chi connectivity index (χ4v) is 1.20. The predicted octanol–water partition coefficient (Wildman–Crippen LogP) is 0.907. The van der Waals surface area contributed by atoms with Gasteiger partial charge in [-0.05, 0) is 21.1 Å². The first-order valence-corrected chi connectivity index (χ1v) is 6.26. The molecule has 0 aromatic heterocycles. The van der Waals surface area contributed by atoms with Gasteiger partial charge in [0.1, 0.15) is 4.31 Å². The molecule has 0 spiro atoms. The molecular weight excluding hydrogens is 278 g/mol. The number of hydrogen-bond acceptors (Lipinski definition) is 5. The topological polar surface area (TPSA) is 89.5 Å². The Morgan fingerprint density at radius 3 is 1.75 bits per heavy atom. The van der Waals surface area contributed by atoms with E-state index in [1.165, 1.54) is 5.56 Å². The molecule has 0 radical (unpaired) electrons. The third-order valence-electron chi connectivity index (χ3n) is 1.38. The van der Waals surface area contributed by atoms with Gasteiger partial charge in [-0.1, -0.05) is 37.3 Å². The maximum absolute atomic E-state index is 9.24. The van der Waals surface area contributed by atoms with Crippen LogP contribution in [0.2, 0.25) is 0 Å². The molecule has 82 valence electrons. The number of hydrogen-bond donors (Lipinski definition) is 0. The molecule has 0 fully saturated rings. The van der Waals surface area contributed by atoms with Crippen molar-refractivity contribution in [3.05, 3.63) is 35.9 Å². The van der Waals surface area contributed by atoms with Crippen LogP contribution >= 0.6 is 16.5 Å². The fourth-order valence-electron chi connectivity index (χ4n) is 0.768. The normalized spacial score (nSPS) is 10.4. The van der Waals surface area contributed by atoms with Gasteiger partial charge < -0.3 is 9.79 Å². The SMILES string of the molecule is CCc1ccccc1.O=[P+]([O-])O[P+](=O)[O-].[Ca+2]. The second kappa shape index (κ2) is 12.0. The molecule has 0 amide bonds. The van der Waals surface area contributed by atoms with Crippen LogP contribution in [-0.4, -0.2) is 37.7 Å². The van der Waals surface area contributed by atoms with Gasteiger partial charge in [0.2, 0.25) is 0 Å². The summed E-state index contributed by atoms with van der Waals surface area (Å²) in [6.07, 6.45) is 1.14. The van der Waals surface area contributed by atoms with Gasteiger partial charge in [0.15, 0.2) is 0 Å². The quantitative estimate of drug-likeness (QED) is 0.609. The third-order valence-corrected chi connectivity index (χ3v) is 2.45. The molecule has 1 aromatic rings. The minimum absolute atomic E-state index is 0. The monoisotopic (exact) mass is 288 g/mol. The molecule has 0 heterocycles. The Kier molecular flexibility index (Phi) is 14.2. The van der Waals surface area contributed by atoms with E-state index in [1.54, 1.807) is 0 Å². The van der Waals surface area contributed by atoms with Gasteiger partial charge in [-0.25, -0.2) is 0 Å². The van der Waals surface area contributed by atoms with Crippen LogP contribution in [0.3, 0.4) is 0 Å². The van der Waals surface area contributed by atoms with Gasteiger partial charge in [0, 0.05) is 0 Å². The summed E-state index contributed by atoms with van der Waals surface area (Å²) in [6.45, 7) is 2.16. The van der Waals surface area contributed by atoms with E-state index in [-0.39, 0.29) is 37.7 Å². The van der Waals surface area contributed by atoms with Gasteiger partial charge in [-0.3, -0.25) is 0 Å². The Balaban J connectivity index is 0. The smallest absolute Gasteiger partial charge is 0.563 e. The van der Waals surface area contributed by atoms with Crippen LogP contribution in [-0.2, 0) is 19.9 Å². The Morgan fingerprint density at radius 1 is 1.12 bits per heavy atom. The van der Waals surface area contributed by atoms with Crippen molar-refractivity contribution in [2.75, 3.05) is 0 Å². The molecule has 16 heavy (non-hydrogen) atoms. The summed E-state index contributed by atoms with van der Waals surface area (Å²) in [6, 6.07) is 10.5. The Morgan fingerprint density at radius 2 is 1.56 bits per heavy atom. The van der Waals surface area contributed by atoms with E-state index in [2.05, 4.69) is 35.5 Å². The van der Waals surface area contributed by atoms with Crippen LogP contribution in [0.1, 0.15) is 12.5 Å². The van der Waals surface area contributed by atoms with Crippen LogP contribution in [0, 0.1) is 0 Å². The Labute approximate surface area is 126 Å². The van der Waals surface area contributed by atoms with Crippen molar-refractivity contribution in [1.82, 2.24) is 0 Å². The summed E-state index contributed by atoms with van der Waals surface area (Å²) < 4.78 is 21.6. The predicted molar refractivity (Wildman–Crippen MR) is 57.9 cm³/mol. The van der Waals surface area contributed by atoms with Crippen molar-refractivity contribution >= 4 is 54.2 Å². The molecule has 2 atom stereocenters. The zero-order valence-electron chi connectivity index (χ0n) is 8.74. The molecule has 0 N–H and O–H groups in total. The van der Waals surface area contributed by atoms with Gasteiger partial charge in [0.05, 0.1) is 0 Å². The van der Waals surface area contributed by atoms with Crippen molar-refractivity contribution in [1.29, 1.82) is 0 Å². The van der Waals surface area contributed by atoms with E-state index in [4.69, 9.17) is 0 Å². The number of rotatable bonds is 3. The second-order valence-electron chi connectivity index (χ2n) is 2.37. The van der Waals surface area contributed by atoms with Crippen molar-refractivity contribution < 1.29 is 23.2 Å². The van der Waals surface area contributed by atoms with Crippen LogP contribution in [0.5, 0.6) is 0 Å². The molecule has 2 unspecified atom stereocenters. The molecule has 5 nitrogen and oxygen atoms in total. The molecule has 8 heteroatoms. The first-order chi connectivity index (χ1) is 7.06. The number of aryl methyl sites for hydroxylation is 1. The summed E-state index contributed by atoms with van der Waals surface area (Å²) in [4.78, 5) is 18.5. The fraction of sp³-hybridized carbons (Fsp3) is 0.250. The molecule has 1 rings (SSSR count). The molecular formula is C8H10CaO5P2+2. The Hall–Kier alpha value is 0.560. The van der Waals surface area contributed by atoms with Crippen molar-refractivity contribution in [2.24, 2.45) is 0 Å². The molecule has 0 aliphatic carbocycles. The average molecular weight is 288 g/mol. The molecule has 0 saturated heterocycles.